The van der Waals surface area contributed by atoms with E-state index < -0.39 is 0 Å². The Morgan fingerprint density at radius 3 is 2.67 bits per heavy atom. The predicted octanol–water partition coefficient (Wildman–Crippen LogP) is 2.99. The molecule has 3 N–H and O–H groups in total. The van der Waals surface area contributed by atoms with Crippen LogP contribution in [0.1, 0.15) is 24.4 Å². The second-order valence-electron chi connectivity index (χ2n) is 3.53. The molecule has 0 aliphatic heterocycles. The lowest BCUT2D eigenvalue weighted by atomic mass is 10.0. The molecule has 0 aliphatic carbocycles. The summed E-state index contributed by atoms with van der Waals surface area (Å²) in [6.07, 6.45) is 2.00. The molecule has 1 aromatic carbocycles. The third kappa shape index (κ3) is 3.99. The lowest BCUT2D eigenvalue weighted by molar-refractivity contribution is 0.590. The Morgan fingerprint density at radius 1 is 1.33 bits per heavy atom. The molecule has 15 heavy (non-hydrogen) atoms. The van der Waals surface area contributed by atoms with Crippen molar-refractivity contribution in [1.82, 2.24) is 5.32 Å². The number of benzene rings is 1. The summed E-state index contributed by atoms with van der Waals surface area (Å²) in [4.78, 5) is 0. The van der Waals surface area contributed by atoms with Gasteiger partial charge < -0.3 is 11.1 Å². The summed E-state index contributed by atoms with van der Waals surface area (Å²) in [6.45, 7) is 0.981. The first kappa shape index (κ1) is 12.8. The van der Waals surface area contributed by atoms with Gasteiger partial charge in [-0.1, -0.05) is 29.3 Å². The molecule has 2 nitrogen and oxygen atoms in total. The van der Waals surface area contributed by atoms with Crippen molar-refractivity contribution >= 4 is 23.2 Å². The van der Waals surface area contributed by atoms with Gasteiger partial charge in [0.25, 0.3) is 0 Å². The average Bonchev–Trinajstić information content (AvgIpc) is 2.22. The second kappa shape index (κ2) is 6.33. The van der Waals surface area contributed by atoms with Crippen LogP contribution < -0.4 is 11.1 Å². The largest absolute Gasteiger partial charge is 0.324 e. The second-order valence-corrected chi connectivity index (χ2v) is 4.34. The molecule has 1 unspecified atom stereocenters. The Hall–Kier alpha value is -0.280. The van der Waals surface area contributed by atoms with Crippen LogP contribution in [0, 0.1) is 0 Å². The Labute approximate surface area is 101 Å². The van der Waals surface area contributed by atoms with Gasteiger partial charge in [-0.3, -0.25) is 0 Å². The summed E-state index contributed by atoms with van der Waals surface area (Å²) in [7, 11) is 1.94. The fraction of sp³-hybridized carbons (Fsp3) is 0.455. The SMILES string of the molecule is CNCCCC(N)c1ccc(Cl)c(Cl)c1. The monoisotopic (exact) mass is 246 g/mol. The van der Waals surface area contributed by atoms with Gasteiger partial charge >= 0.3 is 0 Å². The van der Waals surface area contributed by atoms with Crippen molar-refractivity contribution in [2.45, 2.75) is 18.9 Å². The smallest absolute Gasteiger partial charge is 0.0595 e. The van der Waals surface area contributed by atoms with Crippen LogP contribution in [0.25, 0.3) is 0 Å². The number of hydrogen-bond acceptors (Lipinski definition) is 2. The first-order valence-electron chi connectivity index (χ1n) is 5.00. The van der Waals surface area contributed by atoms with Gasteiger partial charge in [0, 0.05) is 6.04 Å². The van der Waals surface area contributed by atoms with E-state index >= 15 is 0 Å². The lowest BCUT2D eigenvalue weighted by Crippen LogP contribution is -2.14. The summed E-state index contributed by atoms with van der Waals surface area (Å²) in [5.41, 5.74) is 7.07. The summed E-state index contributed by atoms with van der Waals surface area (Å²) in [5.74, 6) is 0. The van der Waals surface area contributed by atoms with Crippen LogP contribution in [-0.4, -0.2) is 13.6 Å². The van der Waals surface area contributed by atoms with Crippen LogP contribution >= 0.6 is 23.2 Å². The number of rotatable bonds is 5. The van der Waals surface area contributed by atoms with Crippen molar-refractivity contribution in [3.63, 3.8) is 0 Å². The molecule has 0 saturated heterocycles. The zero-order valence-corrected chi connectivity index (χ0v) is 10.3. The van der Waals surface area contributed by atoms with E-state index in [9.17, 15) is 0 Å². The van der Waals surface area contributed by atoms with E-state index in [-0.39, 0.29) is 6.04 Å². The van der Waals surface area contributed by atoms with Crippen LogP contribution in [-0.2, 0) is 0 Å². The van der Waals surface area contributed by atoms with Crippen molar-refractivity contribution in [1.29, 1.82) is 0 Å². The van der Waals surface area contributed by atoms with Crippen molar-refractivity contribution in [2.75, 3.05) is 13.6 Å². The van der Waals surface area contributed by atoms with Crippen LogP contribution in [0.15, 0.2) is 18.2 Å². The normalized spacial score (nSPS) is 12.8. The first-order valence-corrected chi connectivity index (χ1v) is 5.76. The van der Waals surface area contributed by atoms with Crippen LogP contribution in [0.4, 0.5) is 0 Å². The number of nitrogens with one attached hydrogen (secondary N) is 1. The topological polar surface area (TPSA) is 38.0 Å². The highest BCUT2D eigenvalue weighted by atomic mass is 35.5. The molecular formula is C11H16Cl2N2. The Bertz CT molecular complexity index is 315. The van der Waals surface area contributed by atoms with E-state index in [2.05, 4.69) is 5.32 Å². The molecule has 0 radical (unpaired) electrons. The van der Waals surface area contributed by atoms with Gasteiger partial charge in [-0.15, -0.1) is 0 Å². The van der Waals surface area contributed by atoms with E-state index in [0.717, 1.165) is 24.9 Å². The summed E-state index contributed by atoms with van der Waals surface area (Å²) in [6, 6.07) is 5.59. The number of nitrogens with two attached hydrogens (primary N) is 1. The maximum atomic E-state index is 6.03. The molecular weight excluding hydrogens is 231 g/mol. The molecule has 0 amide bonds. The van der Waals surface area contributed by atoms with Crippen molar-refractivity contribution in [3.8, 4) is 0 Å². The number of hydrogen-bond donors (Lipinski definition) is 2. The van der Waals surface area contributed by atoms with E-state index in [1.807, 2.05) is 19.2 Å². The van der Waals surface area contributed by atoms with Crippen molar-refractivity contribution in [2.24, 2.45) is 5.73 Å². The van der Waals surface area contributed by atoms with E-state index in [0.29, 0.717) is 10.0 Å². The minimum Gasteiger partial charge on any atom is -0.324 e. The predicted molar refractivity (Wildman–Crippen MR) is 66.6 cm³/mol. The van der Waals surface area contributed by atoms with Crippen molar-refractivity contribution in [3.05, 3.63) is 33.8 Å². The van der Waals surface area contributed by atoms with Crippen molar-refractivity contribution < 1.29 is 0 Å². The standard InChI is InChI=1S/C11H16Cl2N2/c1-15-6-2-3-11(14)8-4-5-9(12)10(13)7-8/h4-5,7,11,15H,2-3,6,14H2,1H3. The molecule has 0 bridgehead atoms. The molecule has 1 atom stereocenters. The van der Waals surface area contributed by atoms with Gasteiger partial charge in [0.2, 0.25) is 0 Å². The summed E-state index contributed by atoms with van der Waals surface area (Å²) >= 11 is 11.7. The highest BCUT2D eigenvalue weighted by Gasteiger charge is 2.07. The quantitative estimate of drug-likeness (QED) is 0.785. The average molecular weight is 247 g/mol. The van der Waals surface area contributed by atoms with Gasteiger partial charge in [-0.2, -0.15) is 0 Å². The highest BCUT2D eigenvalue weighted by molar-refractivity contribution is 6.42. The first-order chi connectivity index (χ1) is 7.15. The maximum Gasteiger partial charge on any atom is 0.0595 e. The molecule has 1 aromatic rings. The van der Waals surface area contributed by atoms with Gasteiger partial charge in [-0.05, 0) is 44.1 Å². The maximum absolute atomic E-state index is 6.03. The molecule has 0 saturated carbocycles. The molecule has 0 fully saturated rings. The molecule has 1 rings (SSSR count). The third-order valence-corrected chi connectivity index (χ3v) is 3.05. The van der Waals surface area contributed by atoms with Crippen LogP contribution in [0.3, 0.4) is 0 Å². The van der Waals surface area contributed by atoms with E-state index in [1.165, 1.54) is 0 Å². The fourth-order valence-electron chi connectivity index (χ4n) is 1.41. The van der Waals surface area contributed by atoms with E-state index in [1.54, 1.807) is 6.07 Å². The fourth-order valence-corrected chi connectivity index (χ4v) is 1.71. The number of halogens is 2. The Kier molecular flexibility index (Phi) is 5.40. The highest BCUT2D eigenvalue weighted by Crippen LogP contribution is 2.26. The Balaban J connectivity index is 2.57. The summed E-state index contributed by atoms with van der Waals surface area (Å²) < 4.78 is 0. The minimum atomic E-state index is 0.0353. The molecule has 4 heteroatoms. The van der Waals surface area contributed by atoms with Gasteiger partial charge in [-0.25, -0.2) is 0 Å². The molecule has 0 heterocycles. The molecule has 84 valence electrons. The minimum absolute atomic E-state index is 0.0353. The van der Waals surface area contributed by atoms with Gasteiger partial charge in [0.15, 0.2) is 0 Å². The van der Waals surface area contributed by atoms with Crippen LogP contribution in [0.5, 0.6) is 0 Å². The zero-order chi connectivity index (χ0) is 11.3. The Morgan fingerprint density at radius 2 is 2.07 bits per heavy atom. The molecule has 0 spiro atoms. The lowest BCUT2D eigenvalue weighted by Gasteiger charge is -2.12. The molecule has 0 aromatic heterocycles. The van der Waals surface area contributed by atoms with Gasteiger partial charge in [0.1, 0.15) is 0 Å². The molecule has 0 aliphatic rings. The van der Waals surface area contributed by atoms with Crippen LogP contribution in [0.2, 0.25) is 10.0 Å². The summed E-state index contributed by atoms with van der Waals surface area (Å²) in [5, 5.41) is 4.23. The van der Waals surface area contributed by atoms with Gasteiger partial charge in [0.05, 0.1) is 10.0 Å². The van der Waals surface area contributed by atoms with E-state index in [4.69, 9.17) is 28.9 Å². The zero-order valence-electron chi connectivity index (χ0n) is 8.76. The third-order valence-electron chi connectivity index (χ3n) is 2.31.